The van der Waals surface area contributed by atoms with Crippen molar-refractivity contribution in [3.63, 3.8) is 0 Å². The largest absolute Gasteiger partial charge is 0.495 e. The number of nitrogens with one attached hydrogen (secondary N) is 2. The molecule has 0 aliphatic heterocycles. The van der Waals surface area contributed by atoms with Crippen LogP contribution in [0.2, 0.25) is 0 Å². The fourth-order valence-electron chi connectivity index (χ4n) is 2.42. The van der Waals surface area contributed by atoms with Crippen LogP contribution in [0.25, 0.3) is 0 Å². The molecular formula is C19H24N2O4. The van der Waals surface area contributed by atoms with Gasteiger partial charge in [0.05, 0.1) is 27.0 Å². The van der Waals surface area contributed by atoms with E-state index in [1.165, 1.54) is 0 Å². The fraction of sp³-hybridized carbons (Fsp3) is 0.316. The Morgan fingerprint density at radius 3 is 2.32 bits per heavy atom. The Balaban J connectivity index is 1.88. The van der Waals surface area contributed by atoms with Crippen LogP contribution in [0.5, 0.6) is 17.2 Å². The van der Waals surface area contributed by atoms with E-state index in [1.807, 2.05) is 43.3 Å². The zero-order chi connectivity index (χ0) is 18.2. The third kappa shape index (κ3) is 5.04. The highest BCUT2D eigenvalue weighted by Gasteiger charge is 2.08. The molecule has 0 unspecified atom stereocenters. The summed E-state index contributed by atoms with van der Waals surface area (Å²) in [7, 11) is 4.78. The van der Waals surface area contributed by atoms with Crippen molar-refractivity contribution >= 4 is 11.7 Å². The molecule has 2 aromatic carbocycles. The molecule has 6 nitrogen and oxygen atoms in total. The summed E-state index contributed by atoms with van der Waals surface area (Å²) in [6.45, 7) is 2.46. The van der Waals surface area contributed by atoms with Gasteiger partial charge in [0, 0.05) is 6.54 Å². The van der Waals surface area contributed by atoms with Crippen LogP contribution in [0.1, 0.15) is 11.1 Å². The molecule has 0 heterocycles. The van der Waals surface area contributed by atoms with Crippen molar-refractivity contribution in [1.29, 1.82) is 0 Å². The van der Waals surface area contributed by atoms with Crippen molar-refractivity contribution in [3.05, 3.63) is 47.5 Å². The van der Waals surface area contributed by atoms with E-state index in [9.17, 15) is 4.79 Å². The molecule has 25 heavy (non-hydrogen) atoms. The van der Waals surface area contributed by atoms with Gasteiger partial charge in [-0.05, 0) is 48.7 Å². The minimum atomic E-state index is -0.275. The van der Waals surface area contributed by atoms with E-state index < -0.39 is 0 Å². The van der Waals surface area contributed by atoms with E-state index in [-0.39, 0.29) is 6.03 Å². The Morgan fingerprint density at radius 2 is 1.64 bits per heavy atom. The number of amides is 2. The van der Waals surface area contributed by atoms with Gasteiger partial charge in [0.2, 0.25) is 0 Å². The van der Waals surface area contributed by atoms with Gasteiger partial charge in [-0.25, -0.2) is 4.79 Å². The lowest BCUT2D eigenvalue weighted by molar-refractivity contribution is 0.252. The minimum Gasteiger partial charge on any atom is -0.495 e. The first-order valence-corrected chi connectivity index (χ1v) is 7.97. The number of carbonyl (C=O) groups is 1. The molecule has 0 atom stereocenters. The molecule has 2 rings (SSSR count). The third-order valence-corrected chi connectivity index (χ3v) is 3.75. The zero-order valence-electron chi connectivity index (χ0n) is 15.0. The monoisotopic (exact) mass is 344 g/mol. The quantitative estimate of drug-likeness (QED) is 0.808. The summed E-state index contributed by atoms with van der Waals surface area (Å²) in [6.07, 6.45) is 0.679. The molecule has 134 valence electrons. The van der Waals surface area contributed by atoms with Gasteiger partial charge in [-0.2, -0.15) is 0 Å². The number of ether oxygens (including phenoxy) is 3. The van der Waals surface area contributed by atoms with Gasteiger partial charge < -0.3 is 24.8 Å². The van der Waals surface area contributed by atoms with Crippen molar-refractivity contribution < 1.29 is 19.0 Å². The molecule has 0 spiro atoms. The van der Waals surface area contributed by atoms with E-state index >= 15 is 0 Å². The molecule has 6 heteroatoms. The molecule has 2 aromatic rings. The number of anilines is 1. The highest BCUT2D eigenvalue weighted by molar-refractivity contribution is 5.90. The van der Waals surface area contributed by atoms with Crippen LogP contribution in [0.3, 0.4) is 0 Å². The number of carbonyl (C=O) groups excluding carboxylic acids is 1. The molecular weight excluding hydrogens is 320 g/mol. The lowest BCUT2D eigenvalue weighted by Gasteiger charge is -2.12. The summed E-state index contributed by atoms with van der Waals surface area (Å²) in [4.78, 5) is 12.1. The van der Waals surface area contributed by atoms with E-state index in [1.54, 1.807) is 21.3 Å². The predicted molar refractivity (Wildman–Crippen MR) is 98.0 cm³/mol. The second-order valence-corrected chi connectivity index (χ2v) is 5.52. The van der Waals surface area contributed by atoms with Crippen molar-refractivity contribution in [3.8, 4) is 17.2 Å². The Kier molecular flexibility index (Phi) is 6.51. The second kappa shape index (κ2) is 8.82. The number of rotatable bonds is 7. The fourth-order valence-corrected chi connectivity index (χ4v) is 2.42. The molecule has 0 saturated heterocycles. The van der Waals surface area contributed by atoms with E-state index in [0.29, 0.717) is 35.9 Å². The smallest absolute Gasteiger partial charge is 0.319 e. The number of aryl methyl sites for hydroxylation is 1. The first-order valence-electron chi connectivity index (χ1n) is 7.97. The minimum absolute atomic E-state index is 0.275. The van der Waals surface area contributed by atoms with Gasteiger partial charge in [0.25, 0.3) is 0 Å². The van der Waals surface area contributed by atoms with Crippen LogP contribution in [0, 0.1) is 6.92 Å². The van der Waals surface area contributed by atoms with Gasteiger partial charge in [-0.15, -0.1) is 0 Å². The van der Waals surface area contributed by atoms with Crippen LogP contribution in [-0.4, -0.2) is 33.9 Å². The average Bonchev–Trinajstić information content (AvgIpc) is 2.62. The Labute approximate surface area is 148 Å². The molecule has 0 saturated carbocycles. The third-order valence-electron chi connectivity index (χ3n) is 3.75. The molecule has 2 amide bonds. The number of methoxy groups -OCH3 is 3. The Morgan fingerprint density at radius 1 is 0.920 bits per heavy atom. The maximum absolute atomic E-state index is 12.1. The molecule has 0 bridgehead atoms. The average molecular weight is 344 g/mol. The standard InChI is InChI=1S/C19H24N2O4/c1-13-5-7-15(17(11-13)24-3)21-19(22)20-10-9-14-6-8-16(23-2)18(12-14)25-4/h5-8,11-12H,9-10H2,1-4H3,(H2,20,21,22). The zero-order valence-corrected chi connectivity index (χ0v) is 15.0. The van der Waals surface area contributed by atoms with Crippen molar-refractivity contribution in [2.24, 2.45) is 0 Å². The summed E-state index contributed by atoms with van der Waals surface area (Å²) in [5.74, 6) is 1.99. The van der Waals surface area contributed by atoms with Crippen LogP contribution in [0.4, 0.5) is 10.5 Å². The summed E-state index contributed by atoms with van der Waals surface area (Å²) in [5, 5.41) is 5.63. The van der Waals surface area contributed by atoms with Crippen molar-refractivity contribution in [2.75, 3.05) is 33.2 Å². The molecule has 0 fully saturated rings. The maximum Gasteiger partial charge on any atom is 0.319 e. The van der Waals surface area contributed by atoms with Gasteiger partial charge in [-0.3, -0.25) is 0 Å². The lowest BCUT2D eigenvalue weighted by Crippen LogP contribution is -2.30. The Hall–Kier alpha value is -2.89. The Bertz CT molecular complexity index is 731. The summed E-state index contributed by atoms with van der Waals surface area (Å²) in [6, 6.07) is 11.0. The van der Waals surface area contributed by atoms with Crippen LogP contribution in [0.15, 0.2) is 36.4 Å². The number of benzene rings is 2. The van der Waals surface area contributed by atoms with E-state index in [4.69, 9.17) is 14.2 Å². The normalized spacial score (nSPS) is 10.1. The SMILES string of the molecule is COc1cc(C)ccc1NC(=O)NCCc1ccc(OC)c(OC)c1. The number of hydrogen-bond donors (Lipinski definition) is 2. The topological polar surface area (TPSA) is 68.8 Å². The van der Waals surface area contributed by atoms with E-state index in [0.717, 1.165) is 11.1 Å². The highest BCUT2D eigenvalue weighted by atomic mass is 16.5. The first kappa shape index (κ1) is 18.4. The van der Waals surface area contributed by atoms with Gasteiger partial charge >= 0.3 is 6.03 Å². The molecule has 0 aliphatic rings. The van der Waals surface area contributed by atoms with Gasteiger partial charge in [0.1, 0.15) is 5.75 Å². The highest BCUT2D eigenvalue weighted by Crippen LogP contribution is 2.27. The van der Waals surface area contributed by atoms with Crippen LogP contribution in [-0.2, 0) is 6.42 Å². The van der Waals surface area contributed by atoms with Gasteiger partial charge in [-0.1, -0.05) is 12.1 Å². The number of urea groups is 1. The number of hydrogen-bond acceptors (Lipinski definition) is 4. The summed E-state index contributed by atoms with van der Waals surface area (Å²) >= 11 is 0. The lowest BCUT2D eigenvalue weighted by atomic mass is 10.1. The van der Waals surface area contributed by atoms with Crippen LogP contribution < -0.4 is 24.8 Å². The van der Waals surface area contributed by atoms with Crippen molar-refractivity contribution in [2.45, 2.75) is 13.3 Å². The predicted octanol–water partition coefficient (Wildman–Crippen LogP) is 3.39. The maximum atomic E-state index is 12.1. The van der Waals surface area contributed by atoms with Crippen molar-refractivity contribution in [1.82, 2.24) is 5.32 Å². The first-order chi connectivity index (χ1) is 12.1. The van der Waals surface area contributed by atoms with Crippen LogP contribution >= 0.6 is 0 Å². The van der Waals surface area contributed by atoms with E-state index in [2.05, 4.69) is 10.6 Å². The summed E-state index contributed by atoms with van der Waals surface area (Å²) in [5.41, 5.74) is 2.75. The molecule has 2 N–H and O–H groups in total. The summed E-state index contributed by atoms with van der Waals surface area (Å²) < 4.78 is 15.8. The van der Waals surface area contributed by atoms with Gasteiger partial charge in [0.15, 0.2) is 11.5 Å². The molecule has 0 radical (unpaired) electrons. The molecule has 0 aliphatic carbocycles. The molecule has 0 aromatic heterocycles. The second-order valence-electron chi connectivity index (χ2n) is 5.52.